The number of aromatic nitrogens is 2. The highest BCUT2D eigenvalue weighted by Gasteiger charge is 2.27. The first-order valence-electron chi connectivity index (χ1n) is 6.71. The monoisotopic (exact) mass is 291 g/mol. The number of anilines is 1. The van der Waals surface area contributed by atoms with Gasteiger partial charge in [0.2, 0.25) is 10.0 Å². The first kappa shape index (κ1) is 13.2. The molecule has 0 radical (unpaired) electrons. The summed E-state index contributed by atoms with van der Waals surface area (Å²) in [5.41, 5.74) is 3.99. The zero-order valence-corrected chi connectivity index (χ0v) is 12.1. The lowest BCUT2D eigenvalue weighted by Gasteiger charge is -2.12. The number of aromatic amines is 1. The van der Waals surface area contributed by atoms with Crippen molar-refractivity contribution in [2.24, 2.45) is 0 Å². The van der Waals surface area contributed by atoms with Crippen LogP contribution in [0.2, 0.25) is 0 Å². The molecule has 0 spiro atoms. The van der Waals surface area contributed by atoms with E-state index in [1.165, 1.54) is 5.56 Å². The summed E-state index contributed by atoms with van der Waals surface area (Å²) in [5, 5.41) is 0. The predicted octanol–water partition coefficient (Wildman–Crippen LogP) is 2.25. The predicted molar refractivity (Wildman–Crippen MR) is 78.3 cm³/mol. The minimum atomic E-state index is -3.24. The highest BCUT2D eigenvalue weighted by molar-refractivity contribution is 7.92. The third-order valence-corrected chi connectivity index (χ3v) is 5.08. The Labute approximate surface area is 118 Å². The molecule has 0 saturated carbocycles. The van der Waals surface area contributed by atoms with Gasteiger partial charge in [-0.15, -0.1) is 0 Å². The molecule has 1 atom stereocenters. The maximum atomic E-state index is 11.8. The Morgan fingerprint density at radius 2 is 2.30 bits per heavy atom. The van der Waals surface area contributed by atoms with E-state index in [0.717, 1.165) is 24.1 Å². The van der Waals surface area contributed by atoms with Gasteiger partial charge in [0.25, 0.3) is 0 Å². The van der Waals surface area contributed by atoms with Gasteiger partial charge in [-0.25, -0.2) is 13.4 Å². The number of rotatable bonds is 4. The lowest BCUT2D eigenvalue weighted by molar-refractivity contribution is 0.602. The molecule has 1 unspecified atom stereocenters. The fourth-order valence-electron chi connectivity index (χ4n) is 2.76. The SMILES string of the molecule is CCS(=O)(=O)Nc1cccc2c1CCC2c1c[nH]cn1. The summed E-state index contributed by atoms with van der Waals surface area (Å²) < 4.78 is 26.2. The molecule has 1 aliphatic carbocycles. The lowest BCUT2D eigenvalue weighted by atomic mass is 9.98. The Balaban J connectivity index is 1.98. The van der Waals surface area contributed by atoms with Gasteiger partial charge in [0.15, 0.2) is 0 Å². The second kappa shape index (κ2) is 4.94. The number of nitrogens with zero attached hydrogens (tertiary/aromatic N) is 1. The van der Waals surface area contributed by atoms with Gasteiger partial charge in [-0.2, -0.15) is 0 Å². The molecule has 1 aromatic carbocycles. The molecule has 6 heteroatoms. The Morgan fingerprint density at radius 3 is 3.00 bits per heavy atom. The van der Waals surface area contributed by atoms with Crippen molar-refractivity contribution in [3.63, 3.8) is 0 Å². The van der Waals surface area contributed by atoms with E-state index in [-0.39, 0.29) is 11.7 Å². The van der Waals surface area contributed by atoms with Crippen LogP contribution in [0.5, 0.6) is 0 Å². The highest BCUT2D eigenvalue weighted by atomic mass is 32.2. The average Bonchev–Trinajstić information content (AvgIpc) is 3.07. The minimum absolute atomic E-state index is 0.0828. The number of H-pyrrole nitrogens is 1. The van der Waals surface area contributed by atoms with Gasteiger partial charge in [-0.1, -0.05) is 12.1 Å². The highest BCUT2D eigenvalue weighted by Crippen LogP contribution is 2.40. The van der Waals surface area contributed by atoms with Crippen LogP contribution < -0.4 is 4.72 Å². The fraction of sp³-hybridized carbons (Fsp3) is 0.357. The summed E-state index contributed by atoms with van der Waals surface area (Å²) in [4.78, 5) is 7.30. The van der Waals surface area contributed by atoms with Gasteiger partial charge in [0.05, 0.1) is 23.5 Å². The summed E-state index contributed by atoms with van der Waals surface area (Å²) in [6.07, 6.45) is 5.42. The van der Waals surface area contributed by atoms with Crippen LogP contribution in [-0.2, 0) is 16.4 Å². The van der Waals surface area contributed by atoms with Crippen LogP contribution in [0, 0.1) is 0 Å². The molecule has 0 amide bonds. The standard InChI is InChI=1S/C14H17N3O2S/c1-2-20(18,19)17-13-5-3-4-10-11(13)6-7-12(10)14-8-15-9-16-14/h3-5,8-9,12,17H,2,6-7H2,1H3,(H,15,16). The van der Waals surface area contributed by atoms with Gasteiger partial charge in [-0.05, 0) is 37.0 Å². The topological polar surface area (TPSA) is 74.8 Å². The maximum Gasteiger partial charge on any atom is 0.232 e. The molecule has 1 heterocycles. The second-order valence-corrected chi connectivity index (χ2v) is 6.98. The molecule has 1 aromatic heterocycles. The van der Waals surface area contributed by atoms with Crippen LogP contribution in [-0.4, -0.2) is 24.1 Å². The van der Waals surface area contributed by atoms with Gasteiger partial charge in [0, 0.05) is 12.1 Å². The van der Waals surface area contributed by atoms with Gasteiger partial charge < -0.3 is 4.98 Å². The number of hydrogen-bond acceptors (Lipinski definition) is 3. The van der Waals surface area contributed by atoms with Crippen molar-refractivity contribution in [1.29, 1.82) is 0 Å². The zero-order valence-electron chi connectivity index (χ0n) is 11.3. The van der Waals surface area contributed by atoms with Crippen molar-refractivity contribution in [3.05, 3.63) is 47.5 Å². The fourth-order valence-corrected chi connectivity index (χ4v) is 3.43. The molecule has 3 rings (SSSR count). The largest absolute Gasteiger partial charge is 0.351 e. The van der Waals surface area contributed by atoms with Crippen LogP contribution >= 0.6 is 0 Å². The number of imidazole rings is 1. The maximum absolute atomic E-state index is 11.8. The molecule has 5 nitrogen and oxygen atoms in total. The number of nitrogens with one attached hydrogen (secondary N) is 2. The number of hydrogen-bond donors (Lipinski definition) is 2. The van der Waals surface area contributed by atoms with Gasteiger partial charge in [-0.3, -0.25) is 4.72 Å². The van der Waals surface area contributed by atoms with Crippen LogP contribution in [0.25, 0.3) is 0 Å². The van der Waals surface area contributed by atoms with E-state index in [9.17, 15) is 8.42 Å². The van der Waals surface area contributed by atoms with Gasteiger partial charge >= 0.3 is 0 Å². The summed E-state index contributed by atoms with van der Waals surface area (Å²) in [7, 11) is -3.24. The Kier molecular flexibility index (Phi) is 3.25. The molecule has 2 N–H and O–H groups in total. The Hall–Kier alpha value is -1.82. The van der Waals surface area contributed by atoms with Gasteiger partial charge in [0.1, 0.15) is 0 Å². The normalized spacial score (nSPS) is 17.9. The molecule has 0 saturated heterocycles. The van der Waals surface area contributed by atoms with Crippen molar-refractivity contribution in [2.75, 3.05) is 10.5 Å². The third-order valence-electron chi connectivity index (χ3n) is 3.79. The first-order chi connectivity index (χ1) is 9.61. The summed E-state index contributed by atoms with van der Waals surface area (Å²) in [6.45, 7) is 1.64. The Morgan fingerprint density at radius 1 is 1.45 bits per heavy atom. The molecular formula is C14H17N3O2S. The van der Waals surface area contributed by atoms with Crippen LogP contribution in [0.1, 0.15) is 36.1 Å². The van der Waals surface area contributed by atoms with E-state index in [0.29, 0.717) is 5.69 Å². The molecule has 0 bridgehead atoms. The molecule has 0 aliphatic heterocycles. The quantitative estimate of drug-likeness (QED) is 0.907. The molecule has 0 fully saturated rings. The summed E-state index contributed by atoms with van der Waals surface area (Å²) in [5.74, 6) is 0.335. The molecule has 20 heavy (non-hydrogen) atoms. The van der Waals surface area contributed by atoms with Crippen LogP contribution in [0.3, 0.4) is 0 Å². The van der Waals surface area contributed by atoms with E-state index in [2.05, 4.69) is 20.8 Å². The van der Waals surface area contributed by atoms with Crippen molar-refractivity contribution < 1.29 is 8.42 Å². The smallest absolute Gasteiger partial charge is 0.232 e. The second-order valence-electron chi connectivity index (χ2n) is 4.96. The first-order valence-corrected chi connectivity index (χ1v) is 8.37. The molecule has 106 valence electrons. The van der Waals surface area contributed by atoms with Crippen LogP contribution in [0.15, 0.2) is 30.7 Å². The summed E-state index contributed by atoms with van der Waals surface area (Å²) >= 11 is 0. The van der Waals surface area contributed by atoms with Crippen molar-refractivity contribution in [2.45, 2.75) is 25.7 Å². The molecule has 2 aromatic rings. The number of fused-ring (bicyclic) bond motifs is 1. The number of sulfonamides is 1. The van der Waals surface area contributed by atoms with E-state index in [1.54, 1.807) is 13.3 Å². The number of benzene rings is 1. The summed E-state index contributed by atoms with van der Waals surface area (Å²) in [6, 6.07) is 5.79. The van der Waals surface area contributed by atoms with Crippen molar-refractivity contribution >= 4 is 15.7 Å². The Bertz CT molecular complexity index is 708. The van der Waals surface area contributed by atoms with E-state index >= 15 is 0 Å². The molecular weight excluding hydrogens is 274 g/mol. The lowest BCUT2D eigenvalue weighted by Crippen LogP contribution is -2.15. The van der Waals surface area contributed by atoms with Crippen molar-refractivity contribution in [3.8, 4) is 0 Å². The van der Waals surface area contributed by atoms with E-state index in [4.69, 9.17) is 0 Å². The van der Waals surface area contributed by atoms with Crippen LogP contribution in [0.4, 0.5) is 5.69 Å². The minimum Gasteiger partial charge on any atom is -0.351 e. The van der Waals surface area contributed by atoms with Crippen molar-refractivity contribution in [1.82, 2.24) is 9.97 Å². The average molecular weight is 291 g/mol. The van der Waals surface area contributed by atoms with E-state index in [1.807, 2.05) is 18.3 Å². The van der Waals surface area contributed by atoms with E-state index < -0.39 is 10.0 Å². The molecule has 1 aliphatic rings. The zero-order chi connectivity index (χ0) is 14.2. The third kappa shape index (κ3) is 2.31.